The van der Waals surface area contributed by atoms with E-state index in [1.54, 1.807) is 19.4 Å². The number of ether oxygens (including phenoxy) is 2. The van der Waals surface area contributed by atoms with Gasteiger partial charge in [-0.05, 0) is 38.5 Å². The molecule has 1 aliphatic heterocycles. The summed E-state index contributed by atoms with van der Waals surface area (Å²) in [4.78, 5) is 27.0. The molecule has 9 nitrogen and oxygen atoms in total. The third-order valence-corrected chi connectivity index (χ3v) is 9.44. The van der Waals surface area contributed by atoms with Crippen LogP contribution in [0.25, 0.3) is 0 Å². The lowest BCUT2D eigenvalue weighted by molar-refractivity contribution is -0.281. The van der Waals surface area contributed by atoms with Gasteiger partial charge in [-0.3, -0.25) is 9.59 Å². The maximum absolute atomic E-state index is 13.5. The maximum atomic E-state index is 13.5. The van der Waals surface area contributed by atoms with E-state index in [1.807, 2.05) is 13.0 Å². The van der Waals surface area contributed by atoms with Gasteiger partial charge in [-0.25, -0.2) is 0 Å². The van der Waals surface area contributed by atoms with Crippen LogP contribution in [0.1, 0.15) is 46.0 Å². The number of ketones is 2. The lowest BCUT2D eigenvalue weighted by Crippen LogP contribution is -2.68. The number of hydrogen-bond acceptors (Lipinski definition) is 9. The topological polar surface area (TPSA) is 160 Å². The monoisotopic (exact) mass is 492 g/mol. The van der Waals surface area contributed by atoms with Gasteiger partial charge in [0.05, 0.1) is 48.0 Å². The number of carbonyl (C=O) groups is 2. The van der Waals surface area contributed by atoms with Gasteiger partial charge >= 0.3 is 0 Å². The first kappa shape index (κ1) is 25.4. The van der Waals surface area contributed by atoms with E-state index in [-0.39, 0.29) is 30.8 Å². The molecule has 0 spiro atoms. The summed E-state index contributed by atoms with van der Waals surface area (Å²) < 4.78 is 12.1. The van der Waals surface area contributed by atoms with Crippen LogP contribution in [0.4, 0.5) is 0 Å². The summed E-state index contributed by atoms with van der Waals surface area (Å²) in [6, 6.07) is -0.552. The SMILES string of the molecule is CC[C@]1(O)CC2C(O)C3C(=O)C4CC=C[CH]C4C(=O)C3C(O)C2[C@@H](OC2CC(N)C(O)C(C)O2)C1. The second kappa shape index (κ2) is 9.28. The minimum absolute atomic E-state index is 0.183. The Labute approximate surface area is 205 Å². The van der Waals surface area contributed by atoms with E-state index < -0.39 is 84.0 Å². The molecule has 12 unspecified atom stereocenters. The van der Waals surface area contributed by atoms with Crippen molar-refractivity contribution in [3.05, 3.63) is 18.6 Å². The largest absolute Gasteiger partial charge is 0.392 e. The number of rotatable bonds is 3. The van der Waals surface area contributed by atoms with Gasteiger partial charge in [-0.15, -0.1) is 0 Å². The quantitative estimate of drug-likeness (QED) is 0.362. The third kappa shape index (κ3) is 4.13. The highest BCUT2D eigenvalue weighted by atomic mass is 16.7. The lowest BCUT2D eigenvalue weighted by atomic mass is 9.50. The number of aliphatic hydroxyl groups is 4. The summed E-state index contributed by atoms with van der Waals surface area (Å²) in [6.45, 7) is 3.55. The summed E-state index contributed by atoms with van der Waals surface area (Å²) in [7, 11) is 0. The van der Waals surface area contributed by atoms with Crippen molar-refractivity contribution < 1.29 is 39.5 Å². The number of nitrogens with two attached hydrogens (primary N) is 1. The minimum Gasteiger partial charge on any atom is -0.392 e. The molecule has 9 heteroatoms. The van der Waals surface area contributed by atoms with Crippen LogP contribution < -0.4 is 5.73 Å². The highest BCUT2D eigenvalue weighted by molar-refractivity contribution is 6.01. The molecule has 0 aromatic rings. The zero-order valence-corrected chi connectivity index (χ0v) is 20.3. The van der Waals surface area contributed by atoms with E-state index in [4.69, 9.17) is 15.2 Å². The summed E-state index contributed by atoms with van der Waals surface area (Å²) in [5, 5.41) is 44.6. The van der Waals surface area contributed by atoms with Crippen LogP contribution in [0.15, 0.2) is 12.2 Å². The van der Waals surface area contributed by atoms with E-state index >= 15 is 0 Å². The van der Waals surface area contributed by atoms with Crippen LogP contribution in [-0.4, -0.2) is 80.4 Å². The van der Waals surface area contributed by atoms with Gasteiger partial charge in [0.1, 0.15) is 11.6 Å². The zero-order valence-electron chi connectivity index (χ0n) is 20.3. The molecule has 0 aromatic heterocycles. The highest BCUT2D eigenvalue weighted by Crippen LogP contribution is 2.54. The predicted molar refractivity (Wildman–Crippen MR) is 123 cm³/mol. The molecule has 4 fully saturated rings. The molecule has 4 aliphatic carbocycles. The van der Waals surface area contributed by atoms with Gasteiger partial charge in [-0.2, -0.15) is 0 Å². The molecule has 0 bridgehead atoms. The molecule has 6 N–H and O–H groups in total. The first-order valence-electron chi connectivity index (χ1n) is 13.0. The van der Waals surface area contributed by atoms with Gasteiger partial charge < -0.3 is 35.6 Å². The Balaban J connectivity index is 1.46. The van der Waals surface area contributed by atoms with E-state index in [0.29, 0.717) is 12.8 Å². The molecule has 35 heavy (non-hydrogen) atoms. The summed E-state index contributed by atoms with van der Waals surface area (Å²) in [6.07, 6.45) is 1.62. The molecule has 1 heterocycles. The van der Waals surface area contributed by atoms with E-state index in [1.165, 1.54) is 0 Å². The molecule has 5 aliphatic rings. The van der Waals surface area contributed by atoms with Crippen LogP contribution in [0.2, 0.25) is 0 Å². The fraction of sp³-hybridized carbons (Fsp3) is 0.808. The molecular weight excluding hydrogens is 454 g/mol. The van der Waals surface area contributed by atoms with Crippen molar-refractivity contribution in [1.29, 1.82) is 0 Å². The van der Waals surface area contributed by atoms with Gasteiger partial charge in [0.15, 0.2) is 6.29 Å². The summed E-state index contributed by atoms with van der Waals surface area (Å²) in [5.74, 6) is -4.79. The average Bonchev–Trinajstić information content (AvgIpc) is 2.83. The Morgan fingerprint density at radius 1 is 1.11 bits per heavy atom. The lowest BCUT2D eigenvalue weighted by Gasteiger charge is -2.57. The number of carbonyl (C=O) groups excluding carboxylic acids is 2. The Bertz CT molecular complexity index is 867. The van der Waals surface area contributed by atoms with E-state index in [0.717, 1.165) is 0 Å². The fourth-order valence-electron chi connectivity index (χ4n) is 7.44. The number of allylic oxidation sites excluding steroid dienone is 2. The van der Waals surface area contributed by atoms with Crippen LogP contribution >= 0.6 is 0 Å². The van der Waals surface area contributed by atoms with Crippen molar-refractivity contribution in [2.45, 2.75) is 94.4 Å². The molecule has 14 atom stereocenters. The van der Waals surface area contributed by atoms with Crippen molar-refractivity contribution >= 4 is 11.6 Å². The van der Waals surface area contributed by atoms with Crippen molar-refractivity contribution in [3.8, 4) is 0 Å². The molecule has 0 aromatic carbocycles. The van der Waals surface area contributed by atoms with Crippen LogP contribution in [0, 0.1) is 41.9 Å². The molecule has 1 radical (unpaired) electrons. The van der Waals surface area contributed by atoms with Crippen molar-refractivity contribution in [2.24, 2.45) is 41.2 Å². The minimum atomic E-state index is -1.20. The summed E-state index contributed by atoms with van der Waals surface area (Å²) >= 11 is 0. The smallest absolute Gasteiger partial charge is 0.160 e. The molecular formula is C26H38NO8. The van der Waals surface area contributed by atoms with Crippen molar-refractivity contribution in [3.63, 3.8) is 0 Å². The van der Waals surface area contributed by atoms with Crippen molar-refractivity contribution in [1.82, 2.24) is 0 Å². The van der Waals surface area contributed by atoms with Gasteiger partial charge in [0.25, 0.3) is 0 Å². The van der Waals surface area contributed by atoms with E-state index in [9.17, 15) is 30.0 Å². The molecule has 195 valence electrons. The Morgan fingerprint density at radius 3 is 2.51 bits per heavy atom. The normalized spacial score (nSPS) is 54.1. The molecule has 3 saturated carbocycles. The van der Waals surface area contributed by atoms with Crippen LogP contribution in [0.5, 0.6) is 0 Å². The maximum Gasteiger partial charge on any atom is 0.160 e. The number of Topliss-reactive ketones (excluding diaryl/α,β-unsaturated/α-hetero) is 2. The summed E-state index contributed by atoms with van der Waals surface area (Å²) in [5.41, 5.74) is 4.91. The zero-order chi connectivity index (χ0) is 25.2. The average molecular weight is 493 g/mol. The second-order valence-electron chi connectivity index (χ2n) is 11.4. The van der Waals surface area contributed by atoms with E-state index in [2.05, 4.69) is 0 Å². The first-order valence-corrected chi connectivity index (χ1v) is 13.0. The first-order chi connectivity index (χ1) is 16.6. The highest BCUT2D eigenvalue weighted by Gasteiger charge is 2.64. The molecule has 1 saturated heterocycles. The Hall–Kier alpha value is -1.20. The predicted octanol–water partition coefficient (Wildman–Crippen LogP) is -0.122. The standard InChI is InChI=1S/C26H38NO8/c1-3-26(33)9-14-18(16(10-26)35-17-8-15(27)21(28)11(2)34-17)25(32)20-19(24(14)31)22(29)12-6-4-5-7-13(12)23(20)30/h4-5,7,11-21,24-25,28,31-33H,3,6,8-10,27H2,1-2H3/t11?,12?,13?,14?,15?,16-,17?,18?,19?,20?,21?,24?,25?,26-/m0/s1. The molecule has 5 rings (SSSR count). The van der Waals surface area contributed by atoms with Gasteiger partial charge in [0, 0.05) is 36.6 Å². The van der Waals surface area contributed by atoms with Crippen LogP contribution in [-0.2, 0) is 19.1 Å². The fourth-order valence-corrected chi connectivity index (χ4v) is 7.44. The Kier molecular flexibility index (Phi) is 6.74. The number of aliphatic hydroxyl groups excluding tert-OH is 3. The number of fused-ring (bicyclic) bond motifs is 3. The van der Waals surface area contributed by atoms with Gasteiger partial charge in [0.2, 0.25) is 0 Å². The number of hydrogen-bond donors (Lipinski definition) is 5. The van der Waals surface area contributed by atoms with Crippen LogP contribution in [0.3, 0.4) is 0 Å². The third-order valence-electron chi connectivity index (χ3n) is 9.44. The Morgan fingerprint density at radius 2 is 1.83 bits per heavy atom. The van der Waals surface area contributed by atoms with Gasteiger partial charge in [-0.1, -0.05) is 19.1 Å². The van der Waals surface area contributed by atoms with Crippen molar-refractivity contribution in [2.75, 3.05) is 0 Å². The second-order valence-corrected chi connectivity index (χ2v) is 11.4. The molecule has 0 amide bonds.